The summed E-state index contributed by atoms with van der Waals surface area (Å²) in [7, 11) is 0. The van der Waals surface area contributed by atoms with E-state index in [0.717, 1.165) is 24.3 Å². The molecule has 0 unspecified atom stereocenters. The molecule has 0 atom stereocenters. The molecule has 0 saturated carbocycles. The molecule has 0 spiro atoms. The second-order valence-electron chi connectivity index (χ2n) is 4.35. The van der Waals surface area contributed by atoms with Crippen LogP contribution >= 0.6 is 0 Å². The van der Waals surface area contributed by atoms with Gasteiger partial charge < -0.3 is 4.74 Å². The van der Waals surface area contributed by atoms with Crippen molar-refractivity contribution in [2.75, 3.05) is 6.61 Å². The Hall–Kier alpha value is -2.09. The predicted octanol–water partition coefficient (Wildman–Crippen LogP) is 3.90. The summed E-state index contributed by atoms with van der Waals surface area (Å²) in [5.74, 6) is 1.28. The van der Waals surface area contributed by atoms with E-state index < -0.39 is 0 Å². The van der Waals surface area contributed by atoms with Crippen molar-refractivity contribution >= 4 is 5.78 Å². The van der Waals surface area contributed by atoms with Crippen LogP contribution in [0.15, 0.2) is 54.6 Å². The first kappa shape index (κ1) is 13.3. The van der Waals surface area contributed by atoms with Crippen molar-refractivity contribution in [3.63, 3.8) is 0 Å². The van der Waals surface area contributed by atoms with Crippen LogP contribution in [0.2, 0.25) is 0 Å². The van der Waals surface area contributed by atoms with E-state index in [4.69, 9.17) is 4.74 Å². The zero-order valence-electron chi connectivity index (χ0n) is 11.1. The van der Waals surface area contributed by atoms with E-state index in [0.29, 0.717) is 6.42 Å². The summed E-state index contributed by atoms with van der Waals surface area (Å²) in [4.78, 5) is 11.0. The highest BCUT2D eigenvalue weighted by atomic mass is 16.5. The van der Waals surface area contributed by atoms with Crippen molar-refractivity contribution < 1.29 is 9.53 Å². The monoisotopic (exact) mass is 254 g/mol. The molecule has 0 N–H and O–H groups in total. The highest BCUT2D eigenvalue weighted by Gasteiger charge is 2.08. The minimum absolute atomic E-state index is 0.209. The number of ether oxygens (including phenoxy) is 1. The van der Waals surface area contributed by atoms with E-state index in [1.807, 2.05) is 55.5 Å². The minimum atomic E-state index is 0.209. The van der Waals surface area contributed by atoms with Crippen LogP contribution in [-0.2, 0) is 6.42 Å². The van der Waals surface area contributed by atoms with Crippen molar-refractivity contribution in [3.8, 4) is 5.75 Å². The Kier molecular flexibility index (Phi) is 4.73. The number of fused-ring (bicyclic) bond motifs is 1. The van der Waals surface area contributed by atoms with Gasteiger partial charge in [0, 0.05) is 18.4 Å². The first-order valence-corrected chi connectivity index (χ1v) is 6.60. The van der Waals surface area contributed by atoms with Gasteiger partial charge in [-0.1, -0.05) is 55.5 Å². The first-order valence-electron chi connectivity index (χ1n) is 6.60. The molecule has 2 heteroatoms. The topological polar surface area (TPSA) is 26.3 Å². The molecule has 0 radical (unpaired) electrons. The maximum absolute atomic E-state index is 11.0. The van der Waals surface area contributed by atoms with Gasteiger partial charge in [-0.15, -0.1) is 0 Å². The van der Waals surface area contributed by atoms with Gasteiger partial charge in [-0.05, 0) is 11.6 Å². The average molecular weight is 254 g/mol. The van der Waals surface area contributed by atoms with Crippen molar-refractivity contribution in [1.82, 2.24) is 0 Å². The predicted molar refractivity (Wildman–Crippen MR) is 76.7 cm³/mol. The lowest BCUT2D eigenvalue weighted by Gasteiger charge is -1.93. The van der Waals surface area contributed by atoms with Gasteiger partial charge in [-0.3, -0.25) is 4.79 Å². The summed E-state index contributed by atoms with van der Waals surface area (Å²) < 4.78 is 5.30. The Bertz CT molecular complexity index is 509. The second kappa shape index (κ2) is 6.74. The van der Waals surface area contributed by atoms with Crippen LogP contribution in [-0.4, -0.2) is 12.4 Å². The molecule has 1 aliphatic heterocycles. The van der Waals surface area contributed by atoms with Crippen LogP contribution in [0.5, 0.6) is 5.75 Å². The Morgan fingerprint density at radius 3 is 2.42 bits per heavy atom. The number of carbonyl (C=O) groups is 1. The maximum Gasteiger partial charge on any atom is 0.162 e. The first-order chi connectivity index (χ1) is 9.31. The third kappa shape index (κ3) is 3.68. The van der Waals surface area contributed by atoms with Gasteiger partial charge in [-0.25, -0.2) is 0 Å². The van der Waals surface area contributed by atoms with Crippen LogP contribution in [0.1, 0.15) is 29.3 Å². The number of Topliss-reactive ketones (excluding diaryl/α,β-unsaturated/α-hetero) is 1. The highest BCUT2D eigenvalue weighted by molar-refractivity contribution is 5.95. The molecule has 0 saturated heterocycles. The Morgan fingerprint density at radius 1 is 1.05 bits per heavy atom. The van der Waals surface area contributed by atoms with Crippen LogP contribution in [0.3, 0.4) is 0 Å². The van der Waals surface area contributed by atoms with E-state index in [9.17, 15) is 4.79 Å². The van der Waals surface area contributed by atoms with Crippen LogP contribution in [0.25, 0.3) is 0 Å². The quantitative estimate of drug-likeness (QED) is 0.760. The van der Waals surface area contributed by atoms with Gasteiger partial charge in [0.05, 0.1) is 6.61 Å². The molecule has 0 aliphatic carbocycles. The zero-order valence-corrected chi connectivity index (χ0v) is 11.1. The van der Waals surface area contributed by atoms with E-state index in [-0.39, 0.29) is 5.78 Å². The summed E-state index contributed by atoms with van der Waals surface area (Å²) in [6.07, 6.45) is 1.67. The molecule has 0 aromatic heterocycles. The molecule has 2 nitrogen and oxygen atoms in total. The molecule has 0 fully saturated rings. The van der Waals surface area contributed by atoms with E-state index in [1.54, 1.807) is 0 Å². The van der Waals surface area contributed by atoms with Crippen LogP contribution < -0.4 is 4.74 Å². The number of hydrogen-bond acceptors (Lipinski definition) is 2. The normalized spacial score (nSPS) is 11.8. The fourth-order valence-corrected chi connectivity index (χ4v) is 1.95. The summed E-state index contributed by atoms with van der Waals surface area (Å²) >= 11 is 0. The molecule has 1 aliphatic rings. The number of rotatable bonds is 2. The summed E-state index contributed by atoms with van der Waals surface area (Å²) in [6, 6.07) is 17.5. The number of para-hydroxylation sites is 1. The maximum atomic E-state index is 11.0. The molecule has 3 rings (SSSR count). The Balaban J connectivity index is 0.000000141. The number of carbonyl (C=O) groups excluding carboxylic acids is 1. The van der Waals surface area contributed by atoms with Gasteiger partial charge in [0.2, 0.25) is 0 Å². The number of hydrogen-bond donors (Lipinski definition) is 0. The third-order valence-electron chi connectivity index (χ3n) is 3.02. The Morgan fingerprint density at radius 2 is 1.74 bits per heavy atom. The minimum Gasteiger partial charge on any atom is -0.493 e. The van der Waals surface area contributed by atoms with Gasteiger partial charge in [0.15, 0.2) is 5.78 Å². The number of benzene rings is 2. The lowest BCUT2D eigenvalue weighted by Crippen LogP contribution is -1.94. The van der Waals surface area contributed by atoms with Crippen molar-refractivity contribution in [2.24, 2.45) is 0 Å². The molecular formula is C17H18O2. The summed E-state index contributed by atoms with van der Waals surface area (Å²) in [5, 5.41) is 0. The van der Waals surface area contributed by atoms with E-state index in [1.165, 1.54) is 5.56 Å². The van der Waals surface area contributed by atoms with Gasteiger partial charge in [0.1, 0.15) is 5.75 Å². The van der Waals surface area contributed by atoms with Crippen molar-refractivity contribution in [2.45, 2.75) is 19.8 Å². The second-order valence-corrected chi connectivity index (χ2v) is 4.35. The molecular weight excluding hydrogens is 236 g/mol. The zero-order chi connectivity index (χ0) is 13.5. The average Bonchev–Trinajstić information content (AvgIpc) is 2.96. The lowest BCUT2D eigenvalue weighted by atomic mass is 10.1. The third-order valence-corrected chi connectivity index (χ3v) is 3.02. The van der Waals surface area contributed by atoms with Crippen molar-refractivity contribution in [3.05, 3.63) is 65.7 Å². The fraction of sp³-hybridized carbons (Fsp3) is 0.235. The van der Waals surface area contributed by atoms with Gasteiger partial charge in [-0.2, -0.15) is 0 Å². The smallest absolute Gasteiger partial charge is 0.162 e. The fourth-order valence-electron chi connectivity index (χ4n) is 1.95. The molecule has 0 amide bonds. The molecule has 2 aromatic rings. The SMILES string of the molecule is CCC(=O)c1ccccc1.c1ccc2c(c1)CCO2. The largest absolute Gasteiger partial charge is 0.493 e. The number of ketones is 1. The standard InChI is InChI=1S/C9H10O.C8H8O/c1-2-9(10)8-6-4-3-5-7-8;1-2-4-8-7(3-1)5-6-9-8/h3-7H,2H2,1H3;1-4H,5-6H2. The Labute approximate surface area is 114 Å². The van der Waals surface area contributed by atoms with E-state index >= 15 is 0 Å². The lowest BCUT2D eigenvalue weighted by molar-refractivity contribution is 0.0988. The molecule has 19 heavy (non-hydrogen) atoms. The van der Waals surface area contributed by atoms with Gasteiger partial charge >= 0.3 is 0 Å². The van der Waals surface area contributed by atoms with Crippen molar-refractivity contribution in [1.29, 1.82) is 0 Å². The van der Waals surface area contributed by atoms with Gasteiger partial charge in [0.25, 0.3) is 0 Å². The molecule has 0 bridgehead atoms. The molecule has 2 aromatic carbocycles. The highest BCUT2D eigenvalue weighted by Crippen LogP contribution is 2.23. The molecule has 1 heterocycles. The van der Waals surface area contributed by atoms with E-state index in [2.05, 4.69) is 6.07 Å². The summed E-state index contributed by atoms with van der Waals surface area (Å²) in [5.41, 5.74) is 2.16. The van der Waals surface area contributed by atoms with Crippen LogP contribution in [0, 0.1) is 0 Å². The van der Waals surface area contributed by atoms with Crippen LogP contribution in [0.4, 0.5) is 0 Å². The molecule has 98 valence electrons. The summed E-state index contributed by atoms with van der Waals surface area (Å²) in [6.45, 7) is 2.73.